The molecule has 106 valence electrons. The van der Waals surface area contributed by atoms with Crippen LogP contribution in [0.1, 0.15) is 16.7 Å². The molecule has 1 aromatic heterocycles. The molecule has 0 bridgehead atoms. The van der Waals surface area contributed by atoms with E-state index in [9.17, 15) is 8.42 Å². The van der Waals surface area contributed by atoms with Crippen molar-refractivity contribution in [2.24, 2.45) is 0 Å². The third-order valence-corrected chi connectivity index (χ3v) is 3.59. The smallest absolute Gasteiger partial charge is 0.222 e. The Kier molecular flexibility index (Phi) is 4.34. The Morgan fingerprint density at radius 2 is 1.70 bits per heavy atom. The first-order chi connectivity index (χ1) is 9.44. The molecular formula is C14H17N3O2S. The first kappa shape index (κ1) is 14.5. The van der Waals surface area contributed by atoms with Crippen molar-refractivity contribution < 1.29 is 8.42 Å². The molecule has 0 atom stereocenters. The summed E-state index contributed by atoms with van der Waals surface area (Å²) in [4.78, 5) is 8.31. The van der Waals surface area contributed by atoms with Gasteiger partial charge < -0.3 is 5.32 Å². The van der Waals surface area contributed by atoms with Crippen molar-refractivity contribution in [3.8, 4) is 0 Å². The van der Waals surface area contributed by atoms with Gasteiger partial charge in [-0.2, -0.15) is 0 Å². The van der Waals surface area contributed by atoms with E-state index >= 15 is 0 Å². The fourth-order valence-electron chi connectivity index (χ4n) is 1.81. The summed E-state index contributed by atoms with van der Waals surface area (Å²) in [6, 6.07) is 7.46. The number of hydrogen-bond acceptors (Lipinski definition) is 5. The number of rotatable bonds is 5. The van der Waals surface area contributed by atoms with Gasteiger partial charge in [0, 0.05) is 25.2 Å². The lowest BCUT2D eigenvalue weighted by Gasteiger charge is -2.10. The average molecular weight is 291 g/mol. The summed E-state index contributed by atoms with van der Waals surface area (Å²) in [6.45, 7) is 2.42. The van der Waals surface area contributed by atoms with Crippen LogP contribution in [0.5, 0.6) is 0 Å². The van der Waals surface area contributed by atoms with Crippen molar-refractivity contribution in [1.29, 1.82) is 0 Å². The Hall–Kier alpha value is -1.95. The zero-order chi connectivity index (χ0) is 14.6. The van der Waals surface area contributed by atoms with Crippen molar-refractivity contribution >= 4 is 15.8 Å². The van der Waals surface area contributed by atoms with E-state index in [0.29, 0.717) is 12.5 Å². The predicted octanol–water partition coefficient (Wildman–Crippen LogP) is 1.94. The van der Waals surface area contributed by atoms with Crippen LogP contribution < -0.4 is 5.32 Å². The van der Waals surface area contributed by atoms with Gasteiger partial charge in [0.15, 0.2) is 9.84 Å². The normalized spacial score (nSPS) is 11.3. The van der Waals surface area contributed by atoms with E-state index in [0.717, 1.165) is 16.7 Å². The minimum absolute atomic E-state index is 0.0413. The summed E-state index contributed by atoms with van der Waals surface area (Å²) in [5.41, 5.74) is 2.73. The van der Waals surface area contributed by atoms with E-state index in [4.69, 9.17) is 0 Å². The van der Waals surface area contributed by atoms with Gasteiger partial charge in [0.05, 0.1) is 5.75 Å². The fourth-order valence-corrected chi connectivity index (χ4v) is 2.66. The van der Waals surface area contributed by atoms with Crippen LogP contribution in [0.4, 0.5) is 5.95 Å². The third-order valence-electron chi connectivity index (χ3n) is 2.75. The minimum Gasteiger partial charge on any atom is -0.350 e. The Labute approximate surface area is 119 Å². The zero-order valence-corrected chi connectivity index (χ0v) is 12.3. The summed E-state index contributed by atoms with van der Waals surface area (Å²) in [7, 11) is -3.05. The van der Waals surface area contributed by atoms with Gasteiger partial charge >= 0.3 is 0 Å². The topological polar surface area (TPSA) is 72.0 Å². The molecule has 0 aliphatic heterocycles. The molecule has 0 saturated carbocycles. The molecule has 0 radical (unpaired) electrons. The second-order valence-electron chi connectivity index (χ2n) is 4.78. The van der Waals surface area contributed by atoms with E-state index in [2.05, 4.69) is 15.3 Å². The number of anilines is 1. The first-order valence-corrected chi connectivity index (χ1v) is 8.27. The van der Waals surface area contributed by atoms with Gasteiger partial charge in [0.2, 0.25) is 5.95 Å². The van der Waals surface area contributed by atoms with Crippen molar-refractivity contribution in [1.82, 2.24) is 9.97 Å². The van der Waals surface area contributed by atoms with Crippen molar-refractivity contribution in [3.05, 3.63) is 53.3 Å². The number of hydrogen-bond donors (Lipinski definition) is 1. The van der Waals surface area contributed by atoms with E-state index in [1.54, 1.807) is 12.4 Å². The third kappa shape index (κ3) is 4.31. The monoisotopic (exact) mass is 291 g/mol. The van der Waals surface area contributed by atoms with Crippen molar-refractivity contribution in [2.45, 2.75) is 19.2 Å². The molecule has 0 aliphatic carbocycles. The average Bonchev–Trinajstić information content (AvgIpc) is 2.38. The highest BCUT2D eigenvalue weighted by Crippen LogP contribution is 2.13. The van der Waals surface area contributed by atoms with Crippen LogP contribution in [-0.4, -0.2) is 24.6 Å². The summed E-state index contributed by atoms with van der Waals surface area (Å²) in [5, 5.41) is 3.10. The lowest BCUT2D eigenvalue weighted by Crippen LogP contribution is -2.08. The van der Waals surface area contributed by atoms with Crippen LogP contribution in [0.2, 0.25) is 0 Å². The Morgan fingerprint density at radius 3 is 2.30 bits per heavy atom. The molecule has 5 nitrogen and oxygen atoms in total. The molecular weight excluding hydrogens is 274 g/mol. The molecule has 1 N–H and O–H groups in total. The van der Waals surface area contributed by atoms with Crippen LogP contribution in [0.3, 0.4) is 0 Å². The van der Waals surface area contributed by atoms with E-state index in [1.165, 1.54) is 6.26 Å². The van der Waals surface area contributed by atoms with Crippen LogP contribution in [0, 0.1) is 6.92 Å². The van der Waals surface area contributed by atoms with Crippen molar-refractivity contribution in [3.63, 3.8) is 0 Å². The maximum Gasteiger partial charge on any atom is 0.222 e. The Balaban J connectivity index is 2.11. The Bertz CT molecular complexity index is 682. The fraction of sp³-hybridized carbons (Fsp3) is 0.286. The summed E-state index contributed by atoms with van der Waals surface area (Å²) in [5.74, 6) is 0.573. The predicted molar refractivity (Wildman–Crippen MR) is 79.1 cm³/mol. The number of aromatic nitrogens is 2. The van der Waals surface area contributed by atoms with Crippen LogP contribution >= 0.6 is 0 Å². The maximum atomic E-state index is 11.4. The lowest BCUT2D eigenvalue weighted by molar-refractivity contribution is 0.601. The van der Waals surface area contributed by atoms with E-state index in [-0.39, 0.29) is 5.75 Å². The molecule has 2 aromatic rings. The van der Waals surface area contributed by atoms with Crippen LogP contribution in [-0.2, 0) is 22.1 Å². The first-order valence-electron chi connectivity index (χ1n) is 6.21. The minimum atomic E-state index is -3.05. The highest BCUT2D eigenvalue weighted by atomic mass is 32.2. The van der Waals surface area contributed by atoms with Crippen LogP contribution in [0.15, 0.2) is 36.7 Å². The molecule has 1 aromatic carbocycles. The molecule has 0 aliphatic rings. The molecule has 6 heteroatoms. The molecule has 2 rings (SSSR count). The Morgan fingerprint density at radius 1 is 1.10 bits per heavy atom. The van der Waals surface area contributed by atoms with Gasteiger partial charge in [-0.05, 0) is 23.6 Å². The number of benzene rings is 1. The van der Waals surface area contributed by atoms with Gasteiger partial charge in [0.25, 0.3) is 0 Å². The maximum absolute atomic E-state index is 11.4. The van der Waals surface area contributed by atoms with Gasteiger partial charge in [-0.25, -0.2) is 18.4 Å². The number of sulfone groups is 1. The second kappa shape index (κ2) is 6.00. The van der Waals surface area contributed by atoms with E-state index in [1.807, 2.05) is 31.2 Å². The number of aryl methyl sites for hydroxylation is 1. The molecule has 0 spiro atoms. The second-order valence-corrected chi connectivity index (χ2v) is 6.92. The quantitative estimate of drug-likeness (QED) is 0.911. The standard InChI is InChI=1S/C14H17N3O2S/c1-11-7-15-14(16-8-11)17-9-12-5-3-4-6-13(12)10-20(2,18)19/h3-8H,9-10H2,1-2H3,(H,15,16,17). The molecule has 0 unspecified atom stereocenters. The van der Waals surface area contributed by atoms with Gasteiger partial charge in [-0.3, -0.25) is 0 Å². The molecule has 0 saturated heterocycles. The van der Waals surface area contributed by atoms with Crippen molar-refractivity contribution in [2.75, 3.05) is 11.6 Å². The van der Waals surface area contributed by atoms with E-state index < -0.39 is 9.84 Å². The number of nitrogens with one attached hydrogen (secondary N) is 1. The lowest BCUT2D eigenvalue weighted by atomic mass is 10.1. The molecule has 0 amide bonds. The molecule has 1 heterocycles. The van der Waals surface area contributed by atoms with Gasteiger partial charge in [0.1, 0.15) is 0 Å². The summed E-state index contributed by atoms with van der Waals surface area (Å²) < 4.78 is 22.8. The molecule has 20 heavy (non-hydrogen) atoms. The highest BCUT2D eigenvalue weighted by molar-refractivity contribution is 7.89. The zero-order valence-electron chi connectivity index (χ0n) is 11.5. The SMILES string of the molecule is Cc1cnc(NCc2ccccc2CS(C)(=O)=O)nc1. The summed E-state index contributed by atoms with van der Waals surface area (Å²) >= 11 is 0. The van der Waals surface area contributed by atoms with Crippen LogP contribution in [0.25, 0.3) is 0 Å². The largest absolute Gasteiger partial charge is 0.350 e. The number of nitrogens with zero attached hydrogens (tertiary/aromatic N) is 2. The highest BCUT2D eigenvalue weighted by Gasteiger charge is 2.09. The molecule has 0 fully saturated rings. The van der Waals surface area contributed by atoms with Gasteiger partial charge in [-0.15, -0.1) is 0 Å². The van der Waals surface area contributed by atoms with Gasteiger partial charge in [-0.1, -0.05) is 24.3 Å². The summed E-state index contributed by atoms with van der Waals surface area (Å²) in [6.07, 6.45) is 4.70.